The summed E-state index contributed by atoms with van der Waals surface area (Å²) in [6, 6.07) is 13.4. The van der Waals surface area contributed by atoms with Crippen molar-refractivity contribution in [2.45, 2.75) is 18.6 Å². The van der Waals surface area contributed by atoms with Gasteiger partial charge in [0.15, 0.2) is 5.16 Å². The van der Waals surface area contributed by atoms with Crippen LogP contribution < -0.4 is 5.56 Å². The molecule has 1 heterocycles. The lowest BCUT2D eigenvalue weighted by Crippen LogP contribution is -2.32. The number of hydrogen-bond acceptors (Lipinski definition) is 4. The standard InChI is InChI=1S/C20H20FN3O2S/c1-3-24(12-14-7-6-8-15(21)11-14)18(25)13-27-20-22-17-10-5-4-9-16(17)19(26)23(20)2/h4-11H,3,12-13H2,1-2H3. The number of carbonyl (C=O) groups is 1. The summed E-state index contributed by atoms with van der Waals surface area (Å²) >= 11 is 1.23. The van der Waals surface area contributed by atoms with Gasteiger partial charge in [0.2, 0.25) is 5.91 Å². The van der Waals surface area contributed by atoms with Gasteiger partial charge in [-0.2, -0.15) is 0 Å². The van der Waals surface area contributed by atoms with Crippen LogP contribution in [0.15, 0.2) is 58.5 Å². The van der Waals surface area contributed by atoms with E-state index in [1.54, 1.807) is 42.3 Å². The van der Waals surface area contributed by atoms with Gasteiger partial charge in [-0.3, -0.25) is 14.2 Å². The lowest BCUT2D eigenvalue weighted by Gasteiger charge is -2.21. The maximum Gasteiger partial charge on any atom is 0.261 e. The molecule has 140 valence electrons. The normalized spacial score (nSPS) is 10.9. The highest BCUT2D eigenvalue weighted by Gasteiger charge is 2.15. The van der Waals surface area contributed by atoms with Crippen LogP contribution in [-0.4, -0.2) is 32.7 Å². The second-order valence-corrected chi connectivity index (χ2v) is 7.04. The van der Waals surface area contributed by atoms with E-state index in [-0.39, 0.29) is 23.0 Å². The number of halogens is 1. The fourth-order valence-electron chi connectivity index (χ4n) is 2.78. The Morgan fingerprint density at radius 3 is 2.74 bits per heavy atom. The third kappa shape index (κ3) is 4.36. The molecule has 0 saturated heterocycles. The van der Waals surface area contributed by atoms with Gasteiger partial charge in [0.25, 0.3) is 5.56 Å². The van der Waals surface area contributed by atoms with E-state index < -0.39 is 0 Å². The molecule has 0 N–H and O–H groups in total. The number of para-hydroxylation sites is 1. The molecule has 1 aromatic heterocycles. The number of thioether (sulfide) groups is 1. The highest BCUT2D eigenvalue weighted by atomic mass is 32.2. The number of nitrogens with zero attached hydrogens (tertiary/aromatic N) is 3. The molecule has 0 aliphatic rings. The lowest BCUT2D eigenvalue weighted by molar-refractivity contribution is -0.128. The maximum absolute atomic E-state index is 13.4. The monoisotopic (exact) mass is 385 g/mol. The van der Waals surface area contributed by atoms with Gasteiger partial charge in [-0.25, -0.2) is 9.37 Å². The summed E-state index contributed by atoms with van der Waals surface area (Å²) in [7, 11) is 1.65. The molecule has 3 rings (SSSR count). The Morgan fingerprint density at radius 1 is 1.22 bits per heavy atom. The molecule has 0 aliphatic heterocycles. The molecule has 0 aliphatic carbocycles. The Kier molecular flexibility index (Phi) is 5.91. The van der Waals surface area contributed by atoms with Crippen LogP contribution >= 0.6 is 11.8 Å². The van der Waals surface area contributed by atoms with Crippen molar-refractivity contribution in [3.63, 3.8) is 0 Å². The summed E-state index contributed by atoms with van der Waals surface area (Å²) in [5.74, 6) is -0.253. The average molecular weight is 385 g/mol. The first-order valence-electron chi connectivity index (χ1n) is 8.60. The Labute approximate surface area is 160 Å². The van der Waals surface area contributed by atoms with Gasteiger partial charge in [-0.1, -0.05) is 36.0 Å². The third-order valence-electron chi connectivity index (χ3n) is 4.26. The summed E-state index contributed by atoms with van der Waals surface area (Å²) < 4.78 is 14.8. The van der Waals surface area contributed by atoms with E-state index in [0.717, 1.165) is 5.56 Å². The molecule has 0 spiro atoms. The summed E-state index contributed by atoms with van der Waals surface area (Å²) in [5.41, 5.74) is 1.22. The molecule has 0 bridgehead atoms. The summed E-state index contributed by atoms with van der Waals surface area (Å²) in [6.45, 7) is 2.74. The van der Waals surface area contributed by atoms with Crippen molar-refractivity contribution in [2.75, 3.05) is 12.3 Å². The minimum atomic E-state index is -0.319. The molecule has 1 amide bonds. The quantitative estimate of drug-likeness (QED) is 0.483. The van der Waals surface area contributed by atoms with E-state index in [0.29, 0.717) is 29.1 Å². The van der Waals surface area contributed by atoms with Crippen LogP contribution in [0.2, 0.25) is 0 Å². The Bertz CT molecular complexity index is 1040. The van der Waals surface area contributed by atoms with E-state index in [9.17, 15) is 14.0 Å². The molecule has 0 atom stereocenters. The van der Waals surface area contributed by atoms with Gasteiger partial charge < -0.3 is 4.90 Å². The highest BCUT2D eigenvalue weighted by Crippen LogP contribution is 2.18. The fraction of sp³-hybridized carbons (Fsp3) is 0.250. The second-order valence-electron chi connectivity index (χ2n) is 6.10. The summed E-state index contributed by atoms with van der Waals surface area (Å²) in [4.78, 5) is 31.2. The molecule has 2 aromatic carbocycles. The summed E-state index contributed by atoms with van der Waals surface area (Å²) in [6.07, 6.45) is 0. The number of fused-ring (bicyclic) bond motifs is 1. The molecule has 5 nitrogen and oxygen atoms in total. The van der Waals surface area contributed by atoms with Crippen LogP contribution in [0.25, 0.3) is 10.9 Å². The first kappa shape index (κ1) is 19.1. The largest absolute Gasteiger partial charge is 0.338 e. The van der Waals surface area contributed by atoms with Crippen LogP contribution in [0.5, 0.6) is 0 Å². The third-order valence-corrected chi connectivity index (χ3v) is 5.28. The molecule has 27 heavy (non-hydrogen) atoms. The Morgan fingerprint density at radius 2 is 2.00 bits per heavy atom. The fourth-order valence-corrected chi connectivity index (χ4v) is 3.65. The zero-order valence-electron chi connectivity index (χ0n) is 15.2. The molecular weight excluding hydrogens is 365 g/mol. The number of amides is 1. The first-order chi connectivity index (χ1) is 13.0. The Balaban J connectivity index is 1.73. The zero-order chi connectivity index (χ0) is 19.4. The predicted molar refractivity (Wildman–Crippen MR) is 105 cm³/mol. The number of benzene rings is 2. The van der Waals surface area contributed by atoms with Gasteiger partial charge in [0, 0.05) is 20.1 Å². The van der Waals surface area contributed by atoms with E-state index in [4.69, 9.17) is 0 Å². The van der Waals surface area contributed by atoms with Crippen molar-refractivity contribution in [2.24, 2.45) is 7.05 Å². The molecule has 7 heteroatoms. The number of aromatic nitrogens is 2. The Hall–Kier alpha value is -2.67. The summed E-state index contributed by atoms with van der Waals surface area (Å²) in [5, 5.41) is 1.05. The van der Waals surface area contributed by atoms with Gasteiger partial charge in [0.05, 0.1) is 16.7 Å². The lowest BCUT2D eigenvalue weighted by atomic mass is 10.2. The number of rotatable bonds is 6. The van der Waals surface area contributed by atoms with Crippen molar-refractivity contribution in [1.82, 2.24) is 14.5 Å². The number of hydrogen-bond donors (Lipinski definition) is 0. The smallest absolute Gasteiger partial charge is 0.261 e. The highest BCUT2D eigenvalue weighted by molar-refractivity contribution is 7.99. The molecule has 0 radical (unpaired) electrons. The minimum Gasteiger partial charge on any atom is -0.338 e. The van der Waals surface area contributed by atoms with Crippen molar-refractivity contribution in [1.29, 1.82) is 0 Å². The number of carbonyl (C=O) groups excluding carboxylic acids is 1. The van der Waals surface area contributed by atoms with Crippen LogP contribution in [-0.2, 0) is 18.4 Å². The van der Waals surface area contributed by atoms with Crippen LogP contribution in [0.4, 0.5) is 4.39 Å². The molecular formula is C20H20FN3O2S. The average Bonchev–Trinajstić information content (AvgIpc) is 2.67. The maximum atomic E-state index is 13.4. The minimum absolute atomic E-state index is 0.0887. The van der Waals surface area contributed by atoms with Crippen molar-refractivity contribution in [3.05, 3.63) is 70.3 Å². The zero-order valence-corrected chi connectivity index (χ0v) is 16.0. The van der Waals surface area contributed by atoms with Crippen LogP contribution in [0.3, 0.4) is 0 Å². The van der Waals surface area contributed by atoms with Crippen molar-refractivity contribution in [3.8, 4) is 0 Å². The van der Waals surface area contributed by atoms with Gasteiger partial charge in [-0.15, -0.1) is 0 Å². The van der Waals surface area contributed by atoms with E-state index in [1.165, 1.54) is 28.5 Å². The second kappa shape index (κ2) is 8.35. The van der Waals surface area contributed by atoms with Crippen LogP contribution in [0, 0.1) is 5.82 Å². The topological polar surface area (TPSA) is 55.2 Å². The van der Waals surface area contributed by atoms with Gasteiger partial charge in [0.1, 0.15) is 5.82 Å². The van der Waals surface area contributed by atoms with E-state index in [1.807, 2.05) is 13.0 Å². The van der Waals surface area contributed by atoms with Crippen molar-refractivity contribution >= 4 is 28.6 Å². The predicted octanol–water partition coefficient (Wildman–Crippen LogP) is 3.21. The molecule has 3 aromatic rings. The SMILES string of the molecule is CCN(Cc1cccc(F)c1)C(=O)CSc1nc2ccccc2c(=O)n1C. The van der Waals surface area contributed by atoms with Gasteiger partial charge in [-0.05, 0) is 36.8 Å². The van der Waals surface area contributed by atoms with Crippen LogP contribution in [0.1, 0.15) is 12.5 Å². The first-order valence-corrected chi connectivity index (χ1v) is 9.59. The molecule has 0 saturated carbocycles. The van der Waals surface area contributed by atoms with E-state index >= 15 is 0 Å². The van der Waals surface area contributed by atoms with Crippen molar-refractivity contribution < 1.29 is 9.18 Å². The molecule has 0 unspecified atom stereocenters. The van der Waals surface area contributed by atoms with Gasteiger partial charge >= 0.3 is 0 Å². The van der Waals surface area contributed by atoms with E-state index in [2.05, 4.69) is 4.98 Å². The molecule has 0 fully saturated rings.